The van der Waals surface area contributed by atoms with Gasteiger partial charge in [-0.25, -0.2) is 0 Å². The largest absolute Gasteiger partial charge is 0.497 e. The third kappa shape index (κ3) is 6.47. The zero-order valence-corrected chi connectivity index (χ0v) is 11.9. The molecule has 0 aliphatic heterocycles. The number of aliphatic hydroxyl groups excluding tert-OH is 1. The maximum atomic E-state index is 11.5. The number of benzene rings is 1. The van der Waals surface area contributed by atoms with Gasteiger partial charge in [0.15, 0.2) is 0 Å². The minimum Gasteiger partial charge on any atom is -0.497 e. The van der Waals surface area contributed by atoms with Crippen molar-refractivity contribution in [1.29, 1.82) is 0 Å². The predicted molar refractivity (Wildman–Crippen MR) is 74.6 cm³/mol. The van der Waals surface area contributed by atoms with Crippen LogP contribution in [0.4, 0.5) is 0 Å². The molecule has 1 aromatic carbocycles. The number of aliphatic hydroxyl groups is 1. The zero-order valence-electron chi connectivity index (χ0n) is 11.1. The molecule has 0 aliphatic carbocycles. The molecule has 0 aliphatic rings. The van der Waals surface area contributed by atoms with Gasteiger partial charge in [-0.2, -0.15) is 0 Å². The SMILES string of the molecule is COCC(O)CNC(=O)CSc1ccc(OC)cc1. The summed E-state index contributed by atoms with van der Waals surface area (Å²) >= 11 is 1.43. The number of ether oxygens (including phenoxy) is 2. The summed E-state index contributed by atoms with van der Waals surface area (Å²) in [6.07, 6.45) is -0.667. The van der Waals surface area contributed by atoms with Crippen molar-refractivity contribution in [3.05, 3.63) is 24.3 Å². The van der Waals surface area contributed by atoms with Crippen LogP contribution in [-0.2, 0) is 9.53 Å². The van der Waals surface area contributed by atoms with Crippen LogP contribution in [0.5, 0.6) is 5.75 Å². The lowest BCUT2D eigenvalue weighted by atomic mass is 10.3. The number of amides is 1. The summed E-state index contributed by atoms with van der Waals surface area (Å²) in [6, 6.07) is 7.50. The minimum absolute atomic E-state index is 0.115. The van der Waals surface area contributed by atoms with Crippen molar-refractivity contribution in [2.45, 2.75) is 11.0 Å². The molecule has 106 valence electrons. The molecular weight excluding hydrogens is 266 g/mol. The molecule has 0 heterocycles. The number of carbonyl (C=O) groups excluding carboxylic acids is 1. The Kier molecular flexibility index (Phi) is 7.32. The number of thioether (sulfide) groups is 1. The van der Waals surface area contributed by atoms with Crippen molar-refractivity contribution in [2.75, 3.05) is 33.1 Å². The fraction of sp³-hybridized carbons (Fsp3) is 0.462. The fourth-order valence-corrected chi connectivity index (χ4v) is 2.08. The van der Waals surface area contributed by atoms with E-state index in [-0.39, 0.29) is 19.1 Å². The Morgan fingerprint density at radius 3 is 2.63 bits per heavy atom. The first kappa shape index (κ1) is 15.8. The van der Waals surface area contributed by atoms with Gasteiger partial charge in [0.25, 0.3) is 0 Å². The van der Waals surface area contributed by atoms with Crippen LogP contribution in [0, 0.1) is 0 Å². The molecule has 1 unspecified atom stereocenters. The Morgan fingerprint density at radius 2 is 2.05 bits per heavy atom. The van der Waals surface area contributed by atoms with Crippen molar-refractivity contribution >= 4 is 17.7 Å². The first-order valence-electron chi connectivity index (χ1n) is 5.86. The topological polar surface area (TPSA) is 67.8 Å². The monoisotopic (exact) mass is 285 g/mol. The lowest BCUT2D eigenvalue weighted by molar-refractivity contribution is -0.119. The molecule has 1 atom stereocenters. The molecule has 0 saturated carbocycles. The summed E-state index contributed by atoms with van der Waals surface area (Å²) in [4.78, 5) is 12.5. The third-order valence-electron chi connectivity index (χ3n) is 2.32. The van der Waals surface area contributed by atoms with Gasteiger partial charge in [0, 0.05) is 18.6 Å². The number of hydrogen-bond donors (Lipinski definition) is 2. The number of rotatable bonds is 8. The van der Waals surface area contributed by atoms with E-state index in [0.717, 1.165) is 10.6 Å². The van der Waals surface area contributed by atoms with Gasteiger partial charge in [-0.1, -0.05) is 0 Å². The Labute approximate surface area is 117 Å². The molecular formula is C13H19NO4S. The fourth-order valence-electron chi connectivity index (χ4n) is 1.35. The van der Waals surface area contributed by atoms with Gasteiger partial charge in [-0.05, 0) is 24.3 Å². The minimum atomic E-state index is -0.667. The molecule has 5 nitrogen and oxygen atoms in total. The Morgan fingerprint density at radius 1 is 1.37 bits per heavy atom. The molecule has 0 aromatic heterocycles. The van der Waals surface area contributed by atoms with E-state index in [1.54, 1.807) is 7.11 Å². The maximum absolute atomic E-state index is 11.5. The second kappa shape index (κ2) is 8.79. The van der Waals surface area contributed by atoms with E-state index in [2.05, 4.69) is 5.32 Å². The van der Waals surface area contributed by atoms with Gasteiger partial charge in [-0.15, -0.1) is 11.8 Å². The average molecular weight is 285 g/mol. The number of carbonyl (C=O) groups is 1. The summed E-state index contributed by atoms with van der Waals surface area (Å²) in [5, 5.41) is 12.0. The second-order valence-corrected chi connectivity index (χ2v) is 4.93. The molecule has 0 spiro atoms. The third-order valence-corrected chi connectivity index (χ3v) is 3.34. The molecule has 19 heavy (non-hydrogen) atoms. The summed E-state index contributed by atoms with van der Waals surface area (Å²) in [6.45, 7) is 0.418. The van der Waals surface area contributed by atoms with Crippen molar-refractivity contribution < 1.29 is 19.4 Å². The molecule has 6 heteroatoms. The van der Waals surface area contributed by atoms with E-state index in [9.17, 15) is 9.90 Å². The standard InChI is InChI=1S/C13H19NO4S/c1-17-8-10(15)7-14-13(16)9-19-12-5-3-11(18-2)4-6-12/h3-6,10,15H,7-9H2,1-2H3,(H,14,16). The van der Waals surface area contributed by atoms with Crippen LogP contribution in [0.25, 0.3) is 0 Å². The van der Waals surface area contributed by atoms with Crippen molar-refractivity contribution in [3.8, 4) is 5.75 Å². The highest BCUT2D eigenvalue weighted by Crippen LogP contribution is 2.20. The van der Waals surface area contributed by atoms with Crippen LogP contribution in [0.2, 0.25) is 0 Å². The van der Waals surface area contributed by atoms with Gasteiger partial charge < -0.3 is 19.9 Å². The summed E-state index contributed by atoms with van der Waals surface area (Å²) in [5.41, 5.74) is 0. The van der Waals surface area contributed by atoms with Crippen LogP contribution in [-0.4, -0.2) is 50.2 Å². The lowest BCUT2D eigenvalue weighted by Gasteiger charge is -2.10. The summed E-state index contributed by atoms with van der Waals surface area (Å²) < 4.78 is 9.82. The smallest absolute Gasteiger partial charge is 0.230 e. The van der Waals surface area contributed by atoms with Crippen LogP contribution in [0.3, 0.4) is 0 Å². The maximum Gasteiger partial charge on any atom is 0.230 e. The first-order valence-corrected chi connectivity index (χ1v) is 6.84. The Bertz CT molecular complexity index is 383. The molecule has 1 aromatic rings. The molecule has 0 fully saturated rings. The van der Waals surface area contributed by atoms with Gasteiger partial charge >= 0.3 is 0 Å². The second-order valence-electron chi connectivity index (χ2n) is 3.88. The van der Waals surface area contributed by atoms with E-state index in [1.807, 2.05) is 24.3 Å². The molecule has 0 bridgehead atoms. The van der Waals surface area contributed by atoms with Crippen LogP contribution in [0.15, 0.2) is 29.2 Å². The predicted octanol–water partition coefficient (Wildman–Crippen LogP) is 0.911. The van der Waals surface area contributed by atoms with E-state index >= 15 is 0 Å². The van der Waals surface area contributed by atoms with E-state index < -0.39 is 6.10 Å². The van der Waals surface area contributed by atoms with E-state index in [0.29, 0.717) is 5.75 Å². The highest BCUT2D eigenvalue weighted by Gasteiger charge is 2.07. The van der Waals surface area contributed by atoms with Gasteiger partial charge in [0.05, 0.1) is 25.6 Å². The lowest BCUT2D eigenvalue weighted by Crippen LogP contribution is -2.35. The normalized spacial score (nSPS) is 11.9. The van der Waals surface area contributed by atoms with Crippen LogP contribution < -0.4 is 10.1 Å². The van der Waals surface area contributed by atoms with Gasteiger partial charge in [-0.3, -0.25) is 4.79 Å². The zero-order chi connectivity index (χ0) is 14.1. The van der Waals surface area contributed by atoms with Crippen molar-refractivity contribution in [1.82, 2.24) is 5.32 Å². The van der Waals surface area contributed by atoms with Crippen molar-refractivity contribution in [3.63, 3.8) is 0 Å². The quantitative estimate of drug-likeness (QED) is 0.695. The average Bonchev–Trinajstić information content (AvgIpc) is 2.44. The molecule has 0 saturated heterocycles. The molecule has 2 N–H and O–H groups in total. The highest BCUT2D eigenvalue weighted by atomic mass is 32.2. The number of nitrogens with one attached hydrogen (secondary N) is 1. The van der Waals surface area contributed by atoms with Crippen LogP contribution in [0.1, 0.15) is 0 Å². The first-order chi connectivity index (χ1) is 9.15. The van der Waals surface area contributed by atoms with Crippen molar-refractivity contribution in [2.24, 2.45) is 0 Å². The molecule has 1 amide bonds. The highest BCUT2D eigenvalue weighted by molar-refractivity contribution is 8.00. The van der Waals surface area contributed by atoms with E-state index in [1.165, 1.54) is 18.9 Å². The summed E-state index contributed by atoms with van der Waals surface area (Å²) in [7, 11) is 3.12. The van der Waals surface area contributed by atoms with Gasteiger partial charge in [0.1, 0.15) is 5.75 Å². The van der Waals surface area contributed by atoms with E-state index in [4.69, 9.17) is 9.47 Å². The van der Waals surface area contributed by atoms with Crippen LogP contribution >= 0.6 is 11.8 Å². The number of hydrogen-bond acceptors (Lipinski definition) is 5. The summed E-state index contributed by atoms with van der Waals surface area (Å²) in [5.74, 6) is 0.985. The van der Waals surface area contributed by atoms with Gasteiger partial charge in [0.2, 0.25) is 5.91 Å². The molecule has 0 radical (unpaired) electrons. The molecule has 1 rings (SSSR count). The Hall–Kier alpha value is -1.24. The Balaban J connectivity index is 2.25. The number of methoxy groups -OCH3 is 2.